The average molecular weight is 421 g/mol. The van der Waals surface area contributed by atoms with Gasteiger partial charge < -0.3 is 5.32 Å². The third-order valence-corrected chi connectivity index (χ3v) is 5.85. The lowest BCUT2D eigenvalue weighted by molar-refractivity contribution is 0.589. The highest BCUT2D eigenvalue weighted by Crippen LogP contribution is 2.35. The quantitative estimate of drug-likeness (QED) is 0.385. The molecule has 0 fully saturated rings. The number of hydrogen-bond acceptors (Lipinski definition) is 2. The third kappa shape index (κ3) is 3.78. The van der Waals surface area contributed by atoms with E-state index in [4.69, 9.17) is 11.6 Å². The number of rotatable bonds is 4. The summed E-state index contributed by atoms with van der Waals surface area (Å²) in [6.45, 7) is 0. The predicted octanol–water partition coefficient (Wildman–Crippen LogP) is 6.81. The molecule has 150 valence electrons. The van der Waals surface area contributed by atoms with Gasteiger partial charge in [-0.15, -0.1) is 0 Å². The van der Waals surface area contributed by atoms with E-state index in [1.54, 1.807) is 0 Å². The highest BCUT2D eigenvalue weighted by Gasteiger charge is 2.34. The summed E-state index contributed by atoms with van der Waals surface area (Å²) < 4.78 is 0. The van der Waals surface area contributed by atoms with Crippen LogP contribution >= 0.6 is 11.6 Å². The molecule has 1 atom stereocenters. The van der Waals surface area contributed by atoms with Crippen molar-refractivity contribution in [2.45, 2.75) is 5.54 Å². The molecule has 1 heterocycles. The lowest BCUT2D eigenvalue weighted by atomic mass is 9.81. The Morgan fingerprint density at radius 1 is 0.613 bits per heavy atom. The Morgan fingerprint density at radius 3 is 1.94 bits per heavy atom. The zero-order chi connectivity index (χ0) is 21.1. The minimum absolute atomic E-state index is 0.554. The monoisotopic (exact) mass is 420 g/mol. The fourth-order valence-corrected chi connectivity index (χ4v) is 4.21. The number of benzene rings is 4. The van der Waals surface area contributed by atoms with Crippen LogP contribution in [0.3, 0.4) is 0 Å². The maximum atomic E-state index is 6.36. The Kier molecular flexibility index (Phi) is 5.15. The molecule has 3 heteroatoms. The third-order valence-electron chi connectivity index (χ3n) is 5.62. The summed E-state index contributed by atoms with van der Waals surface area (Å²) in [5.74, 6) is 0.825. The first-order valence-electron chi connectivity index (χ1n) is 10.3. The van der Waals surface area contributed by atoms with Crippen LogP contribution in [0.1, 0.15) is 16.7 Å². The molecular weight excluding hydrogens is 400 g/mol. The van der Waals surface area contributed by atoms with Crippen LogP contribution in [-0.2, 0) is 5.54 Å². The van der Waals surface area contributed by atoms with Crippen molar-refractivity contribution in [1.29, 1.82) is 0 Å². The number of nitrogens with zero attached hydrogens (tertiary/aromatic N) is 1. The fourth-order valence-electron chi connectivity index (χ4n) is 4.02. The lowest BCUT2D eigenvalue weighted by Crippen LogP contribution is -2.47. The Bertz CT molecular complexity index is 1250. The van der Waals surface area contributed by atoms with Crippen molar-refractivity contribution < 1.29 is 0 Å². The van der Waals surface area contributed by atoms with Crippen molar-refractivity contribution in [2.24, 2.45) is 4.99 Å². The molecule has 0 aromatic heterocycles. The molecule has 1 aliphatic heterocycles. The van der Waals surface area contributed by atoms with Gasteiger partial charge in [0.25, 0.3) is 0 Å². The van der Waals surface area contributed by atoms with Gasteiger partial charge >= 0.3 is 0 Å². The summed E-state index contributed by atoms with van der Waals surface area (Å²) in [5, 5.41) is 4.41. The van der Waals surface area contributed by atoms with Gasteiger partial charge in [0.2, 0.25) is 0 Å². The van der Waals surface area contributed by atoms with E-state index in [9.17, 15) is 0 Å². The second-order valence-electron chi connectivity index (χ2n) is 7.55. The molecule has 1 unspecified atom stereocenters. The number of hydrogen-bond donors (Lipinski definition) is 1. The van der Waals surface area contributed by atoms with Crippen LogP contribution in [0, 0.1) is 0 Å². The minimum Gasteiger partial charge on any atom is -0.353 e. The average Bonchev–Trinajstić information content (AvgIpc) is 2.85. The zero-order valence-corrected chi connectivity index (χ0v) is 17.6. The standard InChI is InChI=1S/C28H21ClN2/c29-26-13-7-12-25(20-26)28(24-10-5-2-6-11-24)18-19-30-27(31-28)23-16-14-22(15-17-23)21-8-3-1-4-9-21/h1-20H,(H,30,31). The first kappa shape index (κ1) is 19.3. The van der Waals surface area contributed by atoms with Crippen molar-refractivity contribution >= 4 is 17.4 Å². The van der Waals surface area contributed by atoms with Crippen molar-refractivity contribution in [2.75, 3.05) is 0 Å². The largest absolute Gasteiger partial charge is 0.353 e. The molecule has 0 bridgehead atoms. The van der Waals surface area contributed by atoms with Gasteiger partial charge in [-0.2, -0.15) is 0 Å². The second-order valence-corrected chi connectivity index (χ2v) is 7.98. The van der Waals surface area contributed by atoms with Gasteiger partial charge in [-0.05, 0) is 40.5 Å². The highest BCUT2D eigenvalue weighted by atomic mass is 35.5. The van der Waals surface area contributed by atoms with Gasteiger partial charge in [-0.25, -0.2) is 4.99 Å². The molecule has 0 radical (unpaired) electrons. The lowest BCUT2D eigenvalue weighted by Gasteiger charge is -2.36. The summed E-state index contributed by atoms with van der Waals surface area (Å²) in [5.41, 5.74) is 5.05. The van der Waals surface area contributed by atoms with Gasteiger partial charge in [0, 0.05) is 16.8 Å². The molecule has 0 aliphatic carbocycles. The molecule has 5 rings (SSSR count). The van der Waals surface area contributed by atoms with E-state index in [1.807, 2.05) is 36.5 Å². The molecule has 1 aliphatic rings. The maximum Gasteiger partial charge on any atom is 0.134 e. The molecule has 0 spiro atoms. The molecule has 31 heavy (non-hydrogen) atoms. The summed E-state index contributed by atoms with van der Waals surface area (Å²) >= 11 is 6.36. The summed E-state index contributed by atoms with van der Waals surface area (Å²) in [6, 6.07) is 37.2. The normalized spacial score (nSPS) is 17.6. The van der Waals surface area contributed by atoms with Gasteiger partial charge in [-0.3, -0.25) is 0 Å². The van der Waals surface area contributed by atoms with Crippen LogP contribution in [0.25, 0.3) is 11.1 Å². The Balaban J connectivity index is 1.54. The zero-order valence-electron chi connectivity index (χ0n) is 16.9. The van der Waals surface area contributed by atoms with Gasteiger partial charge in [0.05, 0.1) is 0 Å². The van der Waals surface area contributed by atoms with E-state index in [-0.39, 0.29) is 0 Å². The van der Waals surface area contributed by atoms with Crippen LogP contribution in [0.5, 0.6) is 0 Å². The summed E-state index contributed by atoms with van der Waals surface area (Å²) in [7, 11) is 0. The van der Waals surface area contributed by atoms with Crippen molar-refractivity contribution in [3.05, 3.63) is 143 Å². The van der Waals surface area contributed by atoms with Gasteiger partial charge in [0.15, 0.2) is 0 Å². The topological polar surface area (TPSA) is 24.4 Å². The van der Waals surface area contributed by atoms with E-state index >= 15 is 0 Å². The smallest absolute Gasteiger partial charge is 0.134 e. The predicted molar refractivity (Wildman–Crippen MR) is 129 cm³/mol. The molecule has 0 saturated carbocycles. The van der Waals surface area contributed by atoms with Crippen LogP contribution < -0.4 is 5.32 Å². The van der Waals surface area contributed by atoms with E-state index in [2.05, 4.69) is 95.2 Å². The molecular formula is C28H21ClN2. The van der Waals surface area contributed by atoms with Crippen LogP contribution in [0.4, 0.5) is 0 Å². The Morgan fingerprint density at radius 2 is 1.23 bits per heavy atom. The van der Waals surface area contributed by atoms with Crippen molar-refractivity contribution in [1.82, 2.24) is 5.32 Å². The Labute approximate surface area is 187 Å². The number of nitrogens with one attached hydrogen (secondary N) is 1. The first-order valence-corrected chi connectivity index (χ1v) is 10.6. The van der Waals surface area contributed by atoms with Crippen molar-refractivity contribution in [3.8, 4) is 11.1 Å². The van der Waals surface area contributed by atoms with Gasteiger partial charge in [0.1, 0.15) is 11.4 Å². The Hall–Kier alpha value is -3.62. The second kappa shape index (κ2) is 8.25. The fraction of sp³-hybridized carbons (Fsp3) is 0.0357. The van der Waals surface area contributed by atoms with Crippen molar-refractivity contribution in [3.63, 3.8) is 0 Å². The number of amidine groups is 1. The van der Waals surface area contributed by atoms with E-state index in [0.717, 1.165) is 22.5 Å². The minimum atomic E-state index is -0.554. The van der Waals surface area contributed by atoms with Crippen LogP contribution in [-0.4, -0.2) is 5.84 Å². The molecule has 0 saturated heterocycles. The molecule has 4 aromatic carbocycles. The summed E-state index contributed by atoms with van der Waals surface area (Å²) in [4.78, 5) is 4.66. The van der Waals surface area contributed by atoms with Gasteiger partial charge in [-0.1, -0.05) is 109 Å². The molecule has 1 N–H and O–H groups in total. The SMILES string of the molecule is Clc1cccc(C2(c3ccccc3)C=CN=C(c3ccc(-c4ccccc4)cc3)N2)c1. The van der Waals surface area contributed by atoms with E-state index in [0.29, 0.717) is 5.02 Å². The van der Waals surface area contributed by atoms with E-state index in [1.165, 1.54) is 11.1 Å². The number of aliphatic imine (C=N–C) groups is 1. The number of halogens is 1. The maximum absolute atomic E-state index is 6.36. The first-order chi connectivity index (χ1) is 15.2. The molecule has 4 aromatic rings. The van der Waals surface area contributed by atoms with E-state index < -0.39 is 5.54 Å². The van der Waals surface area contributed by atoms with Crippen LogP contribution in [0.2, 0.25) is 5.02 Å². The van der Waals surface area contributed by atoms with Crippen LogP contribution in [0.15, 0.2) is 126 Å². The highest BCUT2D eigenvalue weighted by molar-refractivity contribution is 6.30. The summed E-state index contributed by atoms with van der Waals surface area (Å²) in [6.07, 6.45) is 3.97. The molecule has 2 nitrogen and oxygen atoms in total. The molecule has 0 amide bonds.